The molecule has 1 atom stereocenters. The fourth-order valence-corrected chi connectivity index (χ4v) is 8.51. The van der Waals surface area contributed by atoms with Crippen LogP contribution in [0.1, 0.15) is 26.3 Å². The molecule has 1 unspecified atom stereocenters. The molecule has 7 rings (SSSR count). The lowest BCUT2D eigenvalue weighted by Crippen LogP contribution is -2.45. The Balaban J connectivity index is 1.37. The van der Waals surface area contributed by atoms with Crippen LogP contribution in [0.4, 0.5) is 4.39 Å². The third-order valence-corrected chi connectivity index (χ3v) is 11.3. The molecule has 0 radical (unpaired) electrons. The summed E-state index contributed by atoms with van der Waals surface area (Å²) in [4.78, 5) is 28.3. The van der Waals surface area contributed by atoms with Gasteiger partial charge in [-0.3, -0.25) is 4.90 Å². The predicted octanol–water partition coefficient (Wildman–Crippen LogP) is 7.87. The topological polar surface area (TPSA) is 86.2 Å². The molecule has 3 heterocycles. The zero-order valence-corrected chi connectivity index (χ0v) is 30.9. The molecule has 1 fully saturated rings. The van der Waals surface area contributed by atoms with Crippen LogP contribution in [0.5, 0.6) is 17.4 Å². The highest BCUT2D eigenvalue weighted by Gasteiger charge is 2.42. The number of para-hydroxylation sites is 1. The first kappa shape index (κ1) is 35.1. The van der Waals surface area contributed by atoms with Crippen molar-refractivity contribution in [3.63, 3.8) is 0 Å². The second-order valence-corrected chi connectivity index (χ2v) is 14.7. The van der Waals surface area contributed by atoms with Gasteiger partial charge in [-0.2, -0.15) is 0 Å². The van der Waals surface area contributed by atoms with Gasteiger partial charge in [0.15, 0.2) is 0 Å². The van der Waals surface area contributed by atoms with E-state index in [-0.39, 0.29) is 18.3 Å². The molecule has 2 aromatic heterocycles. The first-order chi connectivity index (χ1) is 24.6. The lowest BCUT2D eigenvalue weighted by molar-refractivity contribution is -0.154. The van der Waals surface area contributed by atoms with E-state index in [0.717, 1.165) is 59.1 Å². The summed E-state index contributed by atoms with van der Waals surface area (Å²) in [5.74, 6) is 0.457. The molecule has 9 nitrogen and oxygen atoms in total. The number of piperazine rings is 1. The average Bonchev–Trinajstić information content (AvgIpc) is 3.53. The second-order valence-electron chi connectivity index (χ2n) is 13.3. The Morgan fingerprint density at radius 2 is 1.75 bits per heavy atom. The molecule has 1 saturated heterocycles. The first-order valence-corrected chi connectivity index (χ1v) is 18.2. The molecule has 6 aromatic rings. The van der Waals surface area contributed by atoms with Crippen LogP contribution >= 0.6 is 22.9 Å². The van der Waals surface area contributed by atoms with E-state index < -0.39 is 17.5 Å². The molecular formula is C39H40ClFN4O5S. The van der Waals surface area contributed by atoms with E-state index in [1.165, 1.54) is 29.8 Å². The van der Waals surface area contributed by atoms with E-state index in [4.69, 9.17) is 30.5 Å². The fraction of sp³-hybridized carbons (Fsp3) is 0.359. The monoisotopic (exact) mass is 730 g/mol. The molecule has 0 N–H and O–H groups in total. The number of methoxy groups -OCH3 is 1. The van der Waals surface area contributed by atoms with Gasteiger partial charge < -0.3 is 23.8 Å². The van der Waals surface area contributed by atoms with Crippen molar-refractivity contribution in [3.8, 4) is 17.4 Å². The number of hydrogen-bond donors (Lipinski definition) is 0. The van der Waals surface area contributed by atoms with Crippen molar-refractivity contribution in [2.45, 2.75) is 32.3 Å². The zero-order valence-electron chi connectivity index (χ0n) is 29.3. The van der Waals surface area contributed by atoms with Crippen molar-refractivity contribution < 1.29 is 28.1 Å². The quantitative estimate of drug-likeness (QED) is 0.0977. The van der Waals surface area contributed by atoms with Gasteiger partial charge in [-0.05, 0) is 55.1 Å². The lowest BCUT2D eigenvalue weighted by Gasteiger charge is -2.33. The van der Waals surface area contributed by atoms with Crippen LogP contribution < -0.4 is 14.2 Å². The molecular weight excluding hydrogens is 691 g/mol. The van der Waals surface area contributed by atoms with E-state index in [0.29, 0.717) is 44.1 Å². The van der Waals surface area contributed by atoms with Gasteiger partial charge in [-0.15, -0.1) is 11.3 Å². The van der Waals surface area contributed by atoms with Gasteiger partial charge in [-0.1, -0.05) is 49.7 Å². The third-order valence-electron chi connectivity index (χ3n) is 9.77. The first-order valence-electron chi connectivity index (χ1n) is 17.0. The number of esters is 1. The highest BCUT2D eigenvalue weighted by molar-refractivity contribution is 7.26. The van der Waals surface area contributed by atoms with Crippen LogP contribution in [0.15, 0.2) is 60.9 Å². The van der Waals surface area contributed by atoms with Crippen LogP contribution in [0, 0.1) is 5.82 Å². The minimum atomic E-state index is -1.11. The number of hydrogen-bond acceptors (Lipinski definition) is 10. The number of aromatic nitrogens is 2. The minimum absolute atomic E-state index is 0.173. The maximum Gasteiger partial charge on any atom is 0.348 e. The van der Waals surface area contributed by atoms with Crippen molar-refractivity contribution in [1.82, 2.24) is 19.8 Å². The molecule has 1 aliphatic rings. The number of nitrogens with zero attached hydrogens (tertiary/aromatic N) is 4. The Morgan fingerprint density at radius 3 is 2.51 bits per heavy atom. The zero-order chi connectivity index (χ0) is 35.9. The Kier molecular flexibility index (Phi) is 9.91. The summed E-state index contributed by atoms with van der Waals surface area (Å²) in [6.07, 6.45) is 0.320. The Bertz CT molecular complexity index is 2250. The number of benzene rings is 4. The van der Waals surface area contributed by atoms with Gasteiger partial charge >= 0.3 is 5.97 Å². The van der Waals surface area contributed by atoms with Crippen LogP contribution in [-0.4, -0.2) is 91.9 Å². The Morgan fingerprint density at radius 1 is 0.980 bits per heavy atom. The van der Waals surface area contributed by atoms with Gasteiger partial charge in [-0.25, -0.2) is 19.2 Å². The maximum absolute atomic E-state index is 14.9. The van der Waals surface area contributed by atoms with E-state index >= 15 is 0 Å². The smallest absolute Gasteiger partial charge is 0.348 e. The van der Waals surface area contributed by atoms with Crippen LogP contribution in [-0.2, 0) is 14.9 Å². The van der Waals surface area contributed by atoms with Crippen molar-refractivity contribution in [2.75, 3.05) is 60.1 Å². The van der Waals surface area contributed by atoms with Crippen molar-refractivity contribution >= 4 is 70.8 Å². The molecule has 266 valence electrons. The van der Waals surface area contributed by atoms with E-state index in [1.54, 1.807) is 20.1 Å². The number of rotatable bonds is 11. The number of likely N-dealkylation sites (N-methyl/N-ethyl adjacent to an activating group) is 1. The molecule has 4 aromatic carbocycles. The predicted molar refractivity (Wildman–Crippen MR) is 201 cm³/mol. The summed E-state index contributed by atoms with van der Waals surface area (Å²) >= 11 is 8.64. The number of ether oxygens (including phenoxy) is 4. The van der Waals surface area contributed by atoms with Crippen molar-refractivity contribution in [1.29, 1.82) is 0 Å². The number of carbonyl (C=O) groups is 1. The summed E-state index contributed by atoms with van der Waals surface area (Å²) in [7, 11) is 3.73. The van der Waals surface area contributed by atoms with Gasteiger partial charge in [0.1, 0.15) is 35.1 Å². The fourth-order valence-electron chi connectivity index (χ4n) is 7.00. The Labute approximate surface area is 304 Å². The molecule has 0 aliphatic carbocycles. The summed E-state index contributed by atoms with van der Waals surface area (Å²) < 4.78 is 40.0. The molecule has 0 spiro atoms. The number of fused-ring (bicyclic) bond motifs is 8. The number of halogens is 2. The summed E-state index contributed by atoms with van der Waals surface area (Å²) in [6.45, 7) is 11.0. The minimum Gasteiger partial charge on any atom is -0.496 e. The molecule has 0 amide bonds. The molecule has 51 heavy (non-hydrogen) atoms. The lowest BCUT2D eigenvalue weighted by atomic mass is 9.78. The SMILES string of the molecule is CCOC(=O)C(Oc1ncnc2sc3c4ccc(F)cc4c4c(Cl)c(OCCN5CCN(C)CC5)ccc4c3c12)C(C)(C)c1ccccc1OC. The average molecular weight is 731 g/mol. The van der Waals surface area contributed by atoms with Crippen molar-refractivity contribution in [3.05, 3.63) is 77.3 Å². The van der Waals surface area contributed by atoms with E-state index in [9.17, 15) is 9.18 Å². The van der Waals surface area contributed by atoms with Crippen LogP contribution in [0.25, 0.3) is 41.8 Å². The summed E-state index contributed by atoms with van der Waals surface area (Å²) in [5, 5.41) is 4.70. The second kappa shape index (κ2) is 14.4. The highest BCUT2D eigenvalue weighted by Crippen LogP contribution is 2.49. The third kappa shape index (κ3) is 6.52. The summed E-state index contributed by atoms with van der Waals surface area (Å²) in [5.41, 5.74) is -0.134. The molecule has 12 heteroatoms. The molecule has 0 saturated carbocycles. The van der Waals surface area contributed by atoms with Crippen LogP contribution in [0.3, 0.4) is 0 Å². The normalized spacial score (nSPS) is 15.1. The van der Waals surface area contributed by atoms with Crippen molar-refractivity contribution in [2.24, 2.45) is 0 Å². The van der Waals surface area contributed by atoms with E-state index in [1.807, 2.05) is 50.2 Å². The van der Waals surface area contributed by atoms with Gasteiger partial charge in [0.2, 0.25) is 12.0 Å². The Hall–Kier alpha value is -4.29. The van der Waals surface area contributed by atoms with E-state index in [2.05, 4.69) is 26.8 Å². The maximum atomic E-state index is 14.9. The number of thiophene rings is 1. The van der Waals surface area contributed by atoms with Gasteiger partial charge in [0.05, 0.1) is 24.1 Å². The standard InChI is InChI=1S/C39H40ClFN4O5S/c1-6-48-38(46)35(39(2,3)27-9-7-8-10-28(27)47-5)50-36-32-31-25-13-14-29(49-20-19-45-17-15-44(4)16-18-45)33(40)30(25)26-21-23(41)11-12-24(26)34(31)51-37(32)43-22-42-36/h7-14,21-22,35H,6,15-20H2,1-5H3. The van der Waals surface area contributed by atoms with Gasteiger partial charge in [0.25, 0.3) is 0 Å². The number of carbonyl (C=O) groups excluding carboxylic acids is 1. The largest absolute Gasteiger partial charge is 0.496 e. The van der Waals surface area contributed by atoms with Gasteiger partial charge in [0, 0.05) is 64.6 Å². The molecule has 0 bridgehead atoms. The highest BCUT2D eigenvalue weighted by atomic mass is 35.5. The molecule has 1 aliphatic heterocycles. The van der Waals surface area contributed by atoms with Crippen LogP contribution in [0.2, 0.25) is 5.02 Å². The summed E-state index contributed by atoms with van der Waals surface area (Å²) in [6, 6.07) is 16.1.